The van der Waals surface area contributed by atoms with Crippen LogP contribution in [0.4, 0.5) is 10.2 Å². The summed E-state index contributed by atoms with van der Waals surface area (Å²) in [5.74, 6) is 0.201. The lowest BCUT2D eigenvalue weighted by atomic mass is 9.96. The summed E-state index contributed by atoms with van der Waals surface area (Å²) in [6.45, 7) is 4.47. The van der Waals surface area contributed by atoms with Gasteiger partial charge in [-0.25, -0.2) is 9.37 Å². The molecule has 33 heavy (non-hydrogen) atoms. The molecule has 0 aliphatic rings. The summed E-state index contributed by atoms with van der Waals surface area (Å²) in [6, 6.07) is 6.09. The van der Waals surface area contributed by atoms with Crippen molar-refractivity contribution >= 4 is 45.3 Å². The van der Waals surface area contributed by atoms with Crippen molar-refractivity contribution in [3.8, 4) is 5.75 Å². The minimum absolute atomic E-state index is 0.230. The van der Waals surface area contributed by atoms with Crippen molar-refractivity contribution in [2.45, 2.75) is 32.9 Å². The third-order valence-electron chi connectivity index (χ3n) is 5.02. The van der Waals surface area contributed by atoms with Gasteiger partial charge in [0, 0.05) is 65.5 Å². The second kappa shape index (κ2) is 10.8. The number of aryl methyl sites for hydroxylation is 1. The Balaban J connectivity index is 2.03. The Morgan fingerprint density at radius 2 is 2.15 bits per heavy atom. The molecule has 3 rings (SSSR count). The Morgan fingerprint density at radius 1 is 1.39 bits per heavy atom. The lowest BCUT2D eigenvalue weighted by Gasteiger charge is -2.20. The zero-order valence-electron chi connectivity index (χ0n) is 18.5. The average molecular weight is 536 g/mol. The van der Waals surface area contributed by atoms with Crippen molar-refractivity contribution in [3.05, 3.63) is 74.4 Å². The highest BCUT2D eigenvalue weighted by Crippen LogP contribution is 2.32. The number of hydrogen-bond acceptors (Lipinski definition) is 6. The number of aliphatic imine (C=N–C) groups is 1. The number of pyridine rings is 1. The number of aromatic nitrogens is 3. The molecule has 10 heteroatoms. The molecule has 174 valence electrons. The molecule has 0 aliphatic heterocycles. The van der Waals surface area contributed by atoms with E-state index in [4.69, 9.17) is 27.8 Å². The number of nitrogens with two attached hydrogens (primary N) is 2. The summed E-state index contributed by atoms with van der Waals surface area (Å²) < 4.78 is 22.7. The Hall–Kier alpha value is -2.91. The van der Waals surface area contributed by atoms with Crippen LogP contribution in [0.2, 0.25) is 5.15 Å². The van der Waals surface area contributed by atoms with Crippen LogP contribution >= 0.6 is 27.5 Å². The molecule has 7 nitrogen and oxygen atoms in total. The van der Waals surface area contributed by atoms with Gasteiger partial charge in [-0.15, -0.1) is 0 Å². The summed E-state index contributed by atoms with van der Waals surface area (Å²) in [4.78, 5) is 8.23. The summed E-state index contributed by atoms with van der Waals surface area (Å²) in [5, 5.41) is 4.68. The number of rotatable bonds is 8. The van der Waals surface area contributed by atoms with E-state index in [0.29, 0.717) is 45.2 Å². The fourth-order valence-corrected chi connectivity index (χ4v) is 3.88. The van der Waals surface area contributed by atoms with E-state index in [9.17, 15) is 4.39 Å². The second-order valence-electron chi connectivity index (χ2n) is 7.33. The van der Waals surface area contributed by atoms with Crippen LogP contribution in [0.15, 0.2) is 51.7 Å². The van der Waals surface area contributed by atoms with Crippen LogP contribution in [0.5, 0.6) is 5.75 Å². The van der Waals surface area contributed by atoms with E-state index in [-0.39, 0.29) is 5.82 Å². The zero-order chi connectivity index (χ0) is 24.1. The predicted octanol–water partition coefficient (Wildman–Crippen LogP) is 5.19. The first-order chi connectivity index (χ1) is 15.7. The normalized spacial score (nSPS) is 13.3. The zero-order valence-corrected chi connectivity index (χ0v) is 20.9. The molecule has 0 aliphatic carbocycles. The van der Waals surface area contributed by atoms with Gasteiger partial charge in [0.25, 0.3) is 0 Å². The summed E-state index contributed by atoms with van der Waals surface area (Å²) in [5.41, 5.74) is 15.7. The van der Waals surface area contributed by atoms with Gasteiger partial charge in [-0.2, -0.15) is 5.10 Å². The molecule has 0 saturated carbocycles. The number of halogens is 3. The quantitative estimate of drug-likeness (QED) is 0.386. The minimum atomic E-state index is -0.570. The highest BCUT2D eigenvalue weighted by molar-refractivity contribution is 9.10. The van der Waals surface area contributed by atoms with Gasteiger partial charge in [0.1, 0.15) is 11.9 Å². The largest absolute Gasteiger partial charge is 0.482 e. The maximum absolute atomic E-state index is 14.2. The number of nitrogen functional groups attached to an aromatic ring is 1. The van der Waals surface area contributed by atoms with Gasteiger partial charge in [-0.3, -0.25) is 9.67 Å². The lowest BCUT2D eigenvalue weighted by molar-refractivity contribution is 0.226. The topological polar surface area (TPSA) is 104 Å². The Bertz CT molecular complexity index is 1210. The molecule has 0 fully saturated rings. The number of nitrogens with zero attached hydrogens (tertiary/aromatic N) is 4. The molecule has 1 atom stereocenters. The van der Waals surface area contributed by atoms with E-state index in [0.717, 1.165) is 11.1 Å². The minimum Gasteiger partial charge on any atom is -0.482 e. The second-order valence-corrected chi connectivity index (χ2v) is 8.61. The van der Waals surface area contributed by atoms with Crippen molar-refractivity contribution < 1.29 is 9.13 Å². The Kier molecular flexibility index (Phi) is 8.10. The van der Waals surface area contributed by atoms with Crippen LogP contribution < -0.4 is 16.2 Å². The molecule has 0 radical (unpaired) electrons. The highest BCUT2D eigenvalue weighted by atomic mass is 79.9. The molecule has 3 aromatic rings. The van der Waals surface area contributed by atoms with Crippen LogP contribution in [0, 0.1) is 5.82 Å². The van der Waals surface area contributed by atoms with E-state index in [2.05, 4.69) is 31.0 Å². The van der Waals surface area contributed by atoms with Crippen LogP contribution in [0.25, 0.3) is 5.70 Å². The first kappa shape index (κ1) is 24.7. The van der Waals surface area contributed by atoms with Crippen molar-refractivity contribution in [3.63, 3.8) is 0 Å². The molecule has 0 unspecified atom stereocenters. The molecule has 2 heterocycles. The van der Waals surface area contributed by atoms with E-state index in [1.807, 2.05) is 13.1 Å². The molecule has 0 saturated heterocycles. The third-order valence-corrected chi connectivity index (χ3v) is 5.77. The lowest BCUT2D eigenvalue weighted by Crippen LogP contribution is -2.13. The predicted molar refractivity (Wildman–Crippen MR) is 134 cm³/mol. The van der Waals surface area contributed by atoms with E-state index in [1.54, 1.807) is 43.2 Å². The fourth-order valence-electron chi connectivity index (χ4n) is 3.36. The van der Waals surface area contributed by atoms with Gasteiger partial charge in [-0.05, 0) is 59.6 Å². The summed E-state index contributed by atoms with van der Waals surface area (Å²) in [6.07, 6.45) is 4.96. The highest BCUT2D eigenvalue weighted by Gasteiger charge is 2.19. The van der Waals surface area contributed by atoms with Crippen LogP contribution in [0.3, 0.4) is 0 Å². The third kappa shape index (κ3) is 5.91. The van der Waals surface area contributed by atoms with Crippen molar-refractivity contribution in [1.82, 2.24) is 14.8 Å². The van der Waals surface area contributed by atoms with Gasteiger partial charge in [0.15, 0.2) is 16.7 Å². The molecule has 0 spiro atoms. The molecule has 1 aromatic carbocycles. The fraction of sp³-hybridized carbons (Fsp3) is 0.261. The number of benzene rings is 1. The van der Waals surface area contributed by atoms with Gasteiger partial charge < -0.3 is 16.2 Å². The van der Waals surface area contributed by atoms with E-state index < -0.39 is 11.9 Å². The van der Waals surface area contributed by atoms with Gasteiger partial charge >= 0.3 is 0 Å². The van der Waals surface area contributed by atoms with Gasteiger partial charge in [0.05, 0.1) is 0 Å². The summed E-state index contributed by atoms with van der Waals surface area (Å²) >= 11 is 9.66. The monoisotopic (exact) mass is 534 g/mol. The number of hydrogen-bond donors (Lipinski definition) is 2. The molecular weight excluding hydrogens is 511 g/mol. The van der Waals surface area contributed by atoms with Gasteiger partial charge in [-0.1, -0.05) is 11.6 Å². The molecule has 4 N–H and O–H groups in total. The molecule has 0 amide bonds. The van der Waals surface area contributed by atoms with Crippen LogP contribution in [-0.4, -0.2) is 28.0 Å². The average Bonchev–Trinajstić information content (AvgIpc) is 3.14. The van der Waals surface area contributed by atoms with Crippen molar-refractivity contribution in [1.29, 1.82) is 0 Å². The van der Waals surface area contributed by atoms with Crippen LogP contribution in [0.1, 0.15) is 36.6 Å². The van der Waals surface area contributed by atoms with Crippen molar-refractivity contribution in [2.24, 2.45) is 10.7 Å². The van der Waals surface area contributed by atoms with Crippen LogP contribution in [-0.2, 0) is 13.0 Å². The Labute approximate surface area is 205 Å². The number of ether oxygens (including phenoxy) is 1. The number of allylic oxidation sites excluding steroid dienone is 1. The SMILES string of the molecule is CCn1cc(CC(C=NC)=C(N)c2ccc(F)cc2[C@@H](C)Oc2cc(Br)cnc2N)c(Cl)n1. The Morgan fingerprint density at radius 3 is 2.82 bits per heavy atom. The number of anilines is 1. The molecular formula is C23H25BrClFN6O. The standard InChI is InChI=1S/C23H25BrClFN6O/c1-4-32-12-15(22(25)31-32)7-14(10-29-3)21(27)18-6-5-17(26)9-19(18)13(2)33-20-8-16(24)11-30-23(20)28/h5-6,8-13H,4,7,27H2,1-3H3,(H2,28,30)/t13-/m1/s1. The molecule has 0 bridgehead atoms. The van der Waals surface area contributed by atoms with Crippen molar-refractivity contribution in [2.75, 3.05) is 12.8 Å². The first-order valence-electron chi connectivity index (χ1n) is 10.2. The van der Waals surface area contributed by atoms with Gasteiger partial charge in [0.2, 0.25) is 0 Å². The van der Waals surface area contributed by atoms with E-state index >= 15 is 0 Å². The smallest absolute Gasteiger partial charge is 0.166 e. The summed E-state index contributed by atoms with van der Waals surface area (Å²) in [7, 11) is 1.66. The van der Waals surface area contributed by atoms with E-state index in [1.165, 1.54) is 12.1 Å². The first-order valence-corrected chi connectivity index (χ1v) is 11.4. The molecule has 2 aromatic heterocycles. The maximum Gasteiger partial charge on any atom is 0.166 e. The maximum atomic E-state index is 14.2.